The Bertz CT molecular complexity index is 406. The molecule has 1 aromatic carbocycles. The van der Waals surface area contributed by atoms with Gasteiger partial charge in [-0.05, 0) is 19.1 Å². The highest BCUT2D eigenvalue weighted by molar-refractivity contribution is 5.26. The third-order valence-electron chi connectivity index (χ3n) is 3.12. The number of benzene rings is 1. The molecule has 2 rings (SSSR count). The van der Waals surface area contributed by atoms with Gasteiger partial charge in [-0.15, -0.1) is 0 Å². The highest BCUT2D eigenvalue weighted by Crippen LogP contribution is 2.23. The molecule has 1 fully saturated rings. The van der Waals surface area contributed by atoms with E-state index in [9.17, 15) is 15.3 Å². The van der Waals surface area contributed by atoms with Gasteiger partial charge in [0.2, 0.25) is 0 Å². The van der Waals surface area contributed by atoms with Crippen LogP contribution in [0.25, 0.3) is 0 Å². The molecule has 6 nitrogen and oxygen atoms in total. The summed E-state index contributed by atoms with van der Waals surface area (Å²) in [4.78, 5) is 0. The van der Waals surface area contributed by atoms with Crippen LogP contribution < -0.4 is 9.84 Å². The van der Waals surface area contributed by atoms with Gasteiger partial charge in [-0.1, -0.05) is 17.7 Å². The number of aliphatic hydroxyl groups is 3. The lowest BCUT2D eigenvalue weighted by Gasteiger charge is -2.45. The molecule has 19 heavy (non-hydrogen) atoms. The molecule has 3 N–H and O–H groups in total. The second kappa shape index (κ2) is 5.85. The first-order chi connectivity index (χ1) is 9.02. The van der Waals surface area contributed by atoms with Crippen molar-refractivity contribution in [1.82, 2.24) is 0 Å². The lowest BCUT2D eigenvalue weighted by atomic mass is 9.99. The Morgan fingerprint density at radius 2 is 1.84 bits per heavy atom. The molecule has 5 atom stereocenters. The molecule has 106 valence electrons. The van der Waals surface area contributed by atoms with Crippen LogP contribution in [-0.2, 0) is 4.74 Å². The Hall–Kier alpha value is -1.18. The van der Waals surface area contributed by atoms with Crippen LogP contribution in [0.5, 0.6) is 5.75 Å². The first-order valence-corrected chi connectivity index (χ1v) is 6.04. The molecule has 0 spiro atoms. The molecule has 0 saturated carbocycles. The zero-order valence-electron chi connectivity index (χ0n) is 10.5. The molecule has 1 aliphatic heterocycles. The molecule has 1 heterocycles. The van der Waals surface area contributed by atoms with Crippen LogP contribution in [0.15, 0.2) is 24.3 Å². The number of rotatable bonds is 3. The van der Waals surface area contributed by atoms with Gasteiger partial charge >= 0.3 is 0 Å². The zero-order valence-corrected chi connectivity index (χ0v) is 10.5. The number of aryl methyl sites for hydroxylation is 1. The standard InChI is InChI=1S/C13H17O6/c1-7-2-4-8(5-3-7)18-12-11(16)10(15)9(6-14)19-13(12)17/h2-5,9-16H,6H2,1H3/q-1/t9-,10-,11+,12-,13+/m1/s1. The van der Waals surface area contributed by atoms with E-state index >= 15 is 0 Å². The van der Waals surface area contributed by atoms with Gasteiger partial charge in [0.1, 0.15) is 30.2 Å². The van der Waals surface area contributed by atoms with Gasteiger partial charge in [0, 0.05) is 6.29 Å². The third-order valence-corrected chi connectivity index (χ3v) is 3.12. The maximum Gasteiger partial charge on any atom is 0.138 e. The lowest BCUT2D eigenvalue weighted by molar-refractivity contribution is -0.530. The minimum Gasteiger partial charge on any atom is -0.828 e. The summed E-state index contributed by atoms with van der Waals surface area (Å²) < 4.78 is 10.3. The Kier molecular flexibility index (Phi) is 4.38. The Morgan fingerprint density at radius 1 is 1.21 bits per heavy atom. The predicted molar refractivity (Wildman–Crippen MR) is 63.4 cm³/mol. The average Bonchev–Trinajstić information content (AvgIpc) is 2.41. The molecule has 1 saturated heterocycles. The van der Waals surface area contributed by atoms with Gasteiger partial charge in [0.05, 0.1) is 6.61 Å². The fourth-order valence-electron chi connectivity index (χ4n) is 1.96. The topological polar surface area (TPSA) is 102 Å². The van der Waals surface area contributed by atoms with Crippen molar-refractivity contribution in [1.29, 1.82) is 0 Å². The number of hydrogen-bond donors (Lipinski definition) is 3. The van der Waals surface area contributed by atoms with Crippen LogP contribution in [-0.4, -0.2) is 52.6 Å². The maximum atomic E-state index is 11.7. The average molecular weight is 269 g/mol. The summed E-state index contributed by atoms with van der Waals surface area (Å²) in [5, 5.41) is 40.2. The number of aliphatic hydroxyl groups excluding tert-OH is 3. The molecule has 6 heteroatoms. The van der Waals surface area contributed by atoms with Crippen LogP contribution in [0.1, 0.15) is 5.56 Å². The third kappa shape index (κ3) is 3.05. The molecular weight excluding hydrogens is 252 g/mol. The van der Waals surface area contributed by atoms with Crippen molar-refractivity contribution in [3.8, 4) is 5.75 Å². The summed E-state index contributed by atoms with van der Waals surface area (Å²) in [6.07, 6.45) is -6.74. The van der Waals surface area contributed by atoms with Gasteiger partial charge in [0.15, 0.2) is 0 Å². The van der Waals surface area contributed by atoms with Crippen LogP contribution in [0.3, 0.4) is 0 Å². The Morgan fingerprint density at radius 3 is 2.42 bits per heavy atom. The Labute approximate surface area is 110 Å². The molecule has 0 radical (unpaired) electrons. The predicted octanol–water partition coefficient (Wildman–Crippen LogP) is -1.46. The molecular formula is C13H17O6-. The van der Waals surface area contributed by atoms with Crippen LogP contribution in [0.2, 0.25) is 0 Å². The van der Waals surface area contributed by atoms with Crippen molar-refractivity contribution >= 4 is 0 Å². The smallest absolute Gasteiger partial charge is 0.138 e. The summed E-state index contributed by atoms with van der Waals surface area (Å²) in [7, 11) is 0. The monoisotopic (exact) mass is 269 g/mol. The van der Waals surface area contributed by atoms with Crippen LogP contribution >= 0.6 is 0 Å². The van der Waals surface area contributed by atoms with Crippen molar-refractivity contribution in [3.63, 3.8) is 0 Å². The van der Waals surface area contributed by atoms with Gasteiger partial charge in [-0.25, -0.2) is 0 Å². The second-order valence-electron chi connectivity index (χ2n) is 4.60. The van der Waals surface area contributed by atoms with Gasteiger partial charge in [-0.2, -0.15) is 0 Å². The first-order valence-electron chi connectivity index (χ1n) is 6.04. The summed E-state index contributed by atoms with van der Waals surface area (Å²) in [6.45, 7) is 1.38. The van der Waals surface area contributed by atoms with E-state index < -0.39 is 37.3 Å². The SMILES string of the molecule is Cc1ccc(O[C@@H]2[C@@H](O)[C@H](O)[C@@H](CO)O[C@@H]2[O-])cc1. The fourth-order valence-corrected chi connectivity index (χ4v) is 1.96. The first kappa shape index (κ1) is 14.2. The summed E-state index contributed by atoms with van der Waals surface area (Å²) in [6, 6.07) is 6.94. The fraction of sp³-hybridized carbons (Fsp3) is 0.538. The maximum absolute atomic E-state index is 11.7. The van der Waals surface area contributed by atoms with Crippen molar-refractivity contribution in [3.05, 3.63) is 29.8 Å². The van der Waals surface area contributed by atoms with E-state index in [1.54, 1.807) is 24.3 Å². The van der Waals surface area contributed by atoms with Crippen LogP contribution in [0.4, 0.5) is 0 Å². The normalized spacial score (nSPS) is 35.1. The largest absolute Gasteiger partial charge is 0.828 e. The molecule has 1 aromatic rings. The van der Waals surface area contributed by atoms with E-state index in [1.807, 2.05) is 6.92 Å². The number of hydrogen-bond acceptors (Lipinski definition) is 6. The van der Waals surface area contributed by atoms with E-state index in [2.05, 4.69) is 0 Å². The van der Waals surface area contributed by atoms with E-state index in [0.717, 1.165) is 5.56 Å². The zero-order chi connectivity index (χ0) is 14.0. The summed E-state index contributed by atoms with van der Waals surface area (Å²) in [5.74, 6) is 0.411. The molecule has 0 bridgehead atoms. The van der Waals surface area contributed by atoms with E-state index in [4.69, 9.17) is 14.6 Å². The van der Waals surface area contributed by atoms with E-state index in [0.29, 0.717) is 5.75 Å². The summed E-state index contributed by atoms with van der Waals surface area (Å²) in [5.41, 5.74) is 1.03. The molecule has 0 unspecified atom stereocenters. The Balaban J connectivity index is 2.09. The highest BCUT2D eigenvalue weighted by atomic mass is 16.7. The minimum absolute atomic E-state index is 0.411. The molecule has 0 aromatic heterocycles. The van der Waals surface area contributed by atoms with E-state index in [-0.39, 0.29) is 0 Å². The quantitative estimate of drug-likeness (QED) is 0.620. The summed E-state index contributed by atoms with van der Waals surface area (Å²) >= 11 is 0. The van der Waals surface area contributed by atoms with Crippen molar-refractivity contribution < 1.29 is 29.9 Å². The number of ether oxygens (including phenoxy) is 2. The van der Waals surface area contributed by atoms with Crippen molar-refractivity contribution in [2.75, 3.05) is 6.61 Å². The van der Waals surface area contributed by atoms with E-state index in [1.165, 1.54) is 0 Å². The van der Waals surface area contributed by atoms with Crippen molar-refractivity contribution in [2.45, 2.75) is 37.6 Å². The molecule has 0 aliphatic carbocycles. The second-order valence-corrected chi connectivity index (χ2v) is 4.60. The highest BCUT2D eigenvalue weighted by Gasteiger charge is 2.41. The van der Waals surface area contributed by atoms with Gasteiger partial charge in [-0.3, -0.25) is 0 Å². The minimum atomic E-state index is -1.67. The van der Waals surface area contributed by atoms with Gasteiger partial charge < -0.3 is 29.9 Å². The molecule has 0 amide bonds. The van der Waals surface area contributed by atoms with Crippen LogP contribution in [0, 0.1) is 6.92 Å². The van der Waals surface area contributed by atoms with Gasteiger partial charge in [0.25, 0.3) is 0 Å². The molecule has 1 aliphatic rings. The van der Waals surface area contributed by atoms with Crippen molar-refractivity contribution in [2.24, 2.45) is 0 Å². The lowest BCUT2D eigenvalue weighted by Crippen LogP contribution is -2.64.